The third kappa shape index (κ3) is 11.5. The van der Waals surface area contributed by atoms with Gasteiger partial charge in [-0.15, -0.1) is 0 Å². The van der Waals surface area contributed by atoms with Gasteiger partial charge in [-0.2, -0.15) is 0 Å². The second kappa shape index (κ2) is 22.2. The molecule has 0 spiro atoms. The second-order valence-electron chi connectivity index (χ2n) is 16.1. The average molecular weight is 884 g/mol. The molecule has 2 heterocycles. The number of benzene rings is 5. The summed E-state index contributed by atoms with van der Waals surface area (Å²) < 4.78 is 66.2. The number of likely N-dealkylation sites (tertiary alicyclic amines) is 1. The van der Waals surface area contributed by atoms with E-state index in [-0.39, 0.29) is 33.3 Å². The van der Waals surface area contributed by atoms with Crippen LogP contribution in [0.1, 0.15) is 68.1 Å². The molecule has 0 unspecified atom stereocenters. The molecule has 12 heteroatoms. The van der Waals surface area contributed by atoms with E-state index < -0.39 is 37.4 Å². The van der Waals surface area contributed by atoms with E-state index in [2.05, 4.69) is 41.3 Å². The Morgan fingerprint density at radius 2 is 0.968 bits per heavy atom. The van der Waals surface area contributed by atoms with Crippen LogP contribution in [0.25, 0.3) is 0 Å². The number of rotatable bonds is 14. The van der Waals surface area contributed by atoms with Gasteiger partial charge in [0.25, 0.3) is 0 Å². The molecule has 8 rings (SSSR count). The zero-order valence-electron chi connectivity index (χ0n) is 35.8. The topological polar surface area (TPSA) is 140 Å². The standard InChI is InChI=1S/C32H33NO4S.C14H20O4S.C4H8O/c1-37-28-19-21-29(22-20-28)38(35,36)24-31(34)30-18-11-23-33(30)32(25-12-5-2-6-13-25,26-14-7-3-8-15-26)27-16-9-4-10-17-27;1-18-12-6-8-13(9-7-12)19(16,17)10-14(15)11-4-2-3-5-11;1-2-4-5-3-1/h2-10,12-17,19-22,30-31,34H,11,18,23-24H2,1H3;6-9,11,14-15H,2-5,10H2,1H3;1-4H2/t30-,31+;14-;/m10./s1. The number of ether oxygens (including phenoxy) is 3. The fraction of sp³-hybridized carbons (Fsp3) is 0.400. The maximum atomic E-state index is 13.3. The smallest absolute Gasteiger partial charge is 0.180 e. The molecule has 3 fully saturated rings. The van der Waals surface area contributed by atoms with Gasteiger partial charge in [-0.3, -0.25) is 4.90 Å². The van der Waals surface area contributed by atoms with Gasteiger partial charge in [-0.05, 0) is 110 Å². The Balaban J connectivity index is 0.000000220. The van der Waals surface area contributed by atoms with Crippen molar-refractivity contribution in [1.82, 2.24) is 4.90 Å². The maximum Gasteiger partial charge on any atom is 0.180 e. The van der Waals surface area contributed by atoms with Gasteiger partial charge in [0.05, 0.1) is 53.3 Å². The van der Waals surface area contributed by atoms with E-state index in [9.17, 15) is 27.0 Å². The number of hydrogen-bond donors (Lipinski definition) is 2. The van der Waals surface area contributed by atoms with E-state index in [1.807, 2.05) is 54.6 Å². The quantitative estimate of drug-likeness (QED) is 0.105. The van der Waals surface area contributed by atoms with Crippen LogP contribution in [0.2, 0.25) is 0 Å². The van der Waals surface area contributed by atoms with Gasteiger partial charge in [0.2, 0.25) is 0 Å². The van der Waals surface area contributed by atoms with Gasteiger partial charge in [0, 0.05) is 25.8 Å². The molecular formula is C50H61NO9S2. The van der Waals surface area contributed by atoms with Gasteiger partial charge in [-0.25, -0.2) is 16.8 Å². The Hall–Kier alpha value is -4.56. The fourth-order valence-corrected chi connectivity index (χ4v) is 11.8. The van der Waals surface area contributed by atoms with Gasteiger partial charge >= 0.3 is 0 Å². The van der Waals surface area contributed by atoms with E-state index in [1.54, 1.807) is 31.4 Å². The van der Waals surface area contributed by atoms with Crippen molar-refractivity contribution in [2.75, 3.05) is 45.5 Å². The average Bonchev–Trinajstić information content (AvgIpc) is 4.15. The number of aliphatic hydroxyl groups excluding tert-OH is 2. The molecular weight excluding hydrogens is 823 g/mol. The summed E-state index contributed by atoms with van der Waals surface area (Å²) in [7, 11) is -4.07. The summed E-state index contributed by atoms with van der Waals surface area (Å²) in [6.07, 6.45) is 6.33. The van der Waals surface area contributed by atoms with E-state index in [1.165, 1.54) is 44.2 Å². The lowest BCUT2D eigenvalue weighted by Gasteiger charge is -2.47. The minimum atomic E-state index is -3.72. The van der Waals surface area contributed by atoms with Crippen molar-refractivity contribution in [3.8, 4) is 11.5 Å². The first kappa shape index (κ1) is 46.9. The molecule has 0 amide bonds. The van der Waals surface area contributed by atoms with Crippen LogP contribution < -0.4 is 9.47 Å². The Morgan fingerprint density at radius 1 is 0.565 bits per heavy atom. The van der Waals surface area contributed by atoms with Crippen LogP contribution >= 0.6 is 0 Å². The Labute approximate surface area is 368 Å². The van der Waals surface area contributed by atoms with Crippen molar-refractivity contribution in [2.45, 2.75) is 84.9 Å². The Kier molecular flexibility index (Phi) is 16.8. The Morgan fingerprint density at radius 3 is 1.34 bits per heavy atom. The van der Waals surface area contributed by atoms with Gasteiger partial charge in [0.1, 0.15) is 11.5 Å². The first-order valence-electron chi connectivity index (χ1n) is 21.6. The lowest BCUT2D eigenvalue weighted by molar-refractivity contribution is 0.0451. The summed E-state index contributed by atoms with van der Waals surface area (Å²) in [6, 6.07) is 43.2. The van der Waals surface area contributed by atoms with Gasteiger partial charge in [0.15, 0.2) is 19.7 Å². The third-order valence-electron chi connectivity index (χ3n) is 12.1. The van der Waals surface area contributed by atoms with Crippen LogP contribution in [-0.4, -0.2) is 95.7 Å². The van der Waals surface area contributed by atoms with Crippen LogP contribution in [0.4, 0.5) is 0 Å². The molecule has 3 atom stereocenters. The third-order valence-corrected chi connectivity index (χ3v) is 15.7. The van der Waals surface area contributed by atoms with Crippen LogP contribution in [0.3, 0.4) is 0 Å². The van der Waals surface area contributed by atoms with Crippen molar-refractivity contribution < 1.29 is 41.3 Å². The molecule has 10 nitrogen and oxygen atoms in total. The maximum absolute atomic E-state index is 13.3. The van der Waals surface area contributed by atoms with E-state index in [0.29, 0.717) is 17.9 Å². The Bertz CT molecular complexity index is 2200. The van der Waals surface area contributed by atoms with Gasteiger partial charge in [-0.1, -0.05) is 104 Å². The first-order valence-corrected chi connectivity index (χ1v) is 24.9. The molecule has 0 bridgehead atoms. The van der Waals surface area contributed by atoms with E-state index in [4.69, 9.17) is 14.2 Å². The van der Waals surface area contributed by atoms with Crippen LogP contribution in [0, 0.1) is 5.92 Å². The second-order valence-corrected chi connectivity index (χ2v) is 20.2. The zero-order valence-corrected chi connectivity index (χ0v) is 37.4. The minimum Gasteiger partial charge on any atom is -0.497 e. The number of aliphatic hydroxyl groups is 2. The molecule has 1 aliphatic carbocycles. The van der Waals surface area contributed by atoms with Crippen molar-refractivity contribution in [3.05, 3.63) is 156 Å². The monoisotopic (exact) mass is 883 g/mol. The van der Waals surface area contributed by atoms with Crippen LogP contribution in [0.5, 0.6) is 11.5 Å². The fourth-order valence-electron chi connectivity index (χ4n) is 8.95. The number of nitrogens with zero attached hydrogens (tertiary/aromatic N) is 1. The zero-order chi connectivity index (χ0) is 44.0. The molecule has 2 aliphatic heterocycles. The molecule has 0 radical (unpaired) electrons. The van der Waals surface area contributed by atoms with E-state index in [0.717, 1.165) is 68.6 Å². The minimum absolute atomic E-state index is 0.132. The molecule has 5 aromatic carbocycles. The molecule has 0 aromatic heterocycles. The lowest BCUT2D eigenvalue weighted by atomic mass is 9.75. The van der Waals surface area contributed by atoms with E-state index >= 15 is 0 Å². The molecule has 2 N–H and O–H groups in total. The number of hydrogen-bond acceptors (Lipinski definition) is 10. The van der Waals surface area contributed by atoms with Crippen molar-refractivity contribution in [2.24, 2.45) is 5.92 Å². The highest BCUT2D eigenvalue weighted by molar-refractivity contribution is 7.91. The SMILES string of the molecule is C1CCOC1.COc1ccc(S(=O)(=O)C[C@H](O)C2CCCC2)cc1.COc1ccc(S(=O)(=O)C[C@H](O)[C@H]2CCCN2C(c2ccccc2)(c2ccccc2)c2ccccc2)cc1. The summed E-state index contributed by atoms with van der Waals surface area (Å²) in [5, 5.41) is 21.6. The summed E-state index contributed by atoms with van der Waals surface area (Å²) in [5.74, 6) is 0.798. The summed E-state index contributed by atoms with van der Waals surface area (Å²) in [5.41, 5.74) is 2.54. The normalized spacial score (nSPS) is 18.2. The molecule has 1 saturated carbocycles. The van der Waals surface area contributed by atoms with Gasteiger partial charge < -0.3 is 24.4 Å². The van der Waals surface area contributed by atoms with Crippen molar-refractivity contribution in [1.29, 1.82) is 0 Å². The number of methoxy groups -OCH3 is 2. The summed E-state index contributed by atoms with van der Waals surface area (Å²) in [6.45, 7) is 2.73. The first-order chi connectivity index (χ1) is 30.0. The van der Waals surface area contributed by atoms with Crippen LogP contribution in [-0.2, 0) is 30.0 Å². The lowest BCUT2D eigenvalue weighted by Crippen LogP contribution is -2.54. The summed E-state index contributed by atoms with van der Waals surface area (Å²) in [4.78, 5) is 2.74. The highest BCUT2D eigenvalue weighted by atomic mass is 32.2. The molecule has 3 aliphatic rings. The summed E-state index contributed by atoms with van der Waals surface area (Å²) >= 11 is 0. The highest BCUT2D eigenvalue weighted by Gasteiger charge is 2.49. The molecule has 2 saturated heterocycles. The van der Waals surface area contributed by atoms with Crippen molar-refractivity contribution >= 4 is 19.7 Å². The largest absolute Gasteiger partial charge is 0.497 e. The number of sulfone groups is 2. The predicted octanol–water partition coefficient (Wildman–Crippen LogP) is 8.10. The highest BCUT2D eigenvalue weighted by Crippen LogP contribution is 2.46. The molecule has 5 aromatic rings. The molecule has 62 heavy (non-hydrogen) atoms. The predicted molar refractivity (Wildman–Crippen MR) is 243 cm³/mol. The van der Waals surface area contributed by atoms with Crippen molar-refractivity contribution in [3.63, 3.8) is 0 Å². The van der Waals surface area contributed by atoms with Crippen LogP contribution in [0.15, 0.2) is 149 Å². The molecule has 332 valence electrons.